The Morgan fingerprint density at radius 2 is 2.50 bits per heavy atom. The highest BCUT2D eigenvalue weighted by molar-refractivity contribution is 4.77. The maximum absolute atomic E-state index is 5.48. The van der Waals surface area contributed by atoms with Gasteiger partial charge in [0.05, 0.1) is 0 Å². The topological polar surface area (TPSA) is 26.0 Å². The van der Waals surface area contributed by atoms with Crippen LogP contribution in [0.2, 0.25) is 0 Å². The van der Waals surface area contributed by atoms with Crippen molar-refractivity contribution in [2.45, 2.75) is 25.7 Å². The van der Waals surface area contributed by atoms with Crippen LogP contribution < -0.4 is 5.73 Å². The predicted octanol–water partition coefficient (Wildman–Crippen LogP) is 1.34. The zero-order chi connectivity index (χ0) is 5.82. The molecule has 0 saturated heterocycles. The minimum atomic E-state index is 0.809. The fourth-order valence-electron chi connectivity index (χ4n) is 1.24. The van der Waals surface area contributed by atoms with Crippen molar-refractivity contribution in [2.75, 3.05) is 6.54 Å². The lowest BCUT2D eigenvalue weighted by Crippen LogP contribution is -2.16. The second-order valence-electron chi connectivity index (χ2n) is 2.56. The van der Waals surface area contributed by atoms with E-state index in [1.54, 1.807) is 0 Å². The van der Waals surface area contributed by atoms with E-state index in [1.807, 2.05) is 0 Å². The molecule has 0 bridgehead atoms. The lowest BCUT2D eigenvalue weighted by molar-refractivity contribution is 0.423. The van der Waals surface area contributed by atoms with Crippen molar-refractivity contribution >= 4 is 0 Å². The number of nitrogens with two attached hydrogens (primary N) is 1. The van der Waals surface area contributed by atoms with E-state index in [-0.39, 0.29) is 0 Å². The summed E-state index contributed by atoms with van der Waals surface area (Å²) in [6.07, 6.45) is 7.66. The second kappa shape index (κ2) is 3.08. The van der Waals surface area contributed by atoms with Crippen molar-refractivity contribution in [3.05, 3.63) is 6.42 Å². The van der Waals surface area contributed by atoms with E-state index < -0.39 is 0 Å². The molecule has 1 atom stereocenters. The Morgan fingerprint density at radius 3 is 2.88 bits per heavy atom. The Morgan fingerprint density at radius 1 is 1.62 bits per heavy atom. The van der Waals surface area contributed by atoms with Crippen LogP contribution in [0.25, 0.3) is 0 Å². The molecule has 0 amide bonds. The van der Waals surface area contributed by atoms with Crippen LogP contribution in [0.3, 0.4) is 0 Å². The first-order chi connectivity index (χ1) is 3.93. The van der Waals surface area contributed by atoms with E-state index in [0.29, 0.717) is 0 Å². The number of hydrogen-bond donors (Lipinski definition) is 1. The average Bonchev–Trinajstić information content (AvgIpc) is 1.90. The first-order valence-electron chi connectivity index (χ1n) is 3.45. The Labute approximate surface area is 51.3 Å². The molecule has 8 heavy (non-hydrogen) atoms. The van der Waals surface area contributed by atoms with Crippen molar-refractivity contribution in [1.82, 2.24) is 0 Å². The summed E-state index contributed by atoms with van der Waals surface area (Å²) in [5.41, 5.74) is 5.48. The van der Waals surface area contributed by atoms with Gasteiger partial charge in [-0.2, -0.15) is 0 Å². The van der Waals surface area contributed by atoms with Gasteiger partial charge in [0.2, 0.25) is 0 Å². The molecular formula is C7H14N. The van der Waals surface area contributed by atoms with Gasteiger partial charge in [-0.3, -0.25) is 0 Å². The van der Waals surface area contributed by atoms with Crippen LogP contribution >= 0.6 is 0 Å². The van der Waals surface area contributed by atoms with Crippen LogP contribution in [0, 0.1) is 12.3 Å². The fourth-order valence-corrected chi connectivity index (χ4v) is 1.24. The average molecular weight is 112 g/mol. The largest absolute Gasteiger partial charge is 0.330 e. The second-order valence-corrected chi connectivity index (χ2v) is 2.56. The zero-order valence-corrected chi connectivity index (χ0v) is 5.27. The molecule has 0 aliphatic heterocycles. The summed E-state index contributed by atoms with van der Waals surface area (Å²) in [6.45, 7) is 0.885. The van der Waals surface area contributed by atoms with E-state index in [0.717, 1.165) is 12.5 Å². The van der Waals surface area contributed by atoms with Gasteiger partial charge in [-0.1, -0.05) is 12.8 Å². The van der Waals surface area contributed by atoms with Gasteiger partial charge in [-0.05, 0) is 31.7 Å². The Kier molecular flexibility index (Phi) is 2.34. The fraction of sp³-hybridized carbons (Fsp3) is 0.857. The van der Waals surface area contributed by atoms with Gasteiger partial charge in [-0.25, -0.2) is 0 Å². The molecule has 1 heteroatoms. The third-order valence-electron chi connectivity index (χ3n) is 1.85. The van der Waals surface area contributed by atoms with E-state index >= 15 is 0 Å². The molecule has 0 heterocycles. The van der Waals surface area contributed by atoms with E-state index in [9.17, 15) is 0 Å². The van der Waals surface area contributed by atoms with Gasteiger partial charge in [0, 0.05) is 0 Å². The summed E-state index contributed by atoms with van der Waals surface area (Å²) in [7, 11) is 0. The normalized spacial score (nSPS) is 23.6. The maximum atomic E-state index is 5.48. The highest BCUT2D eigenvalue weighted by atomic mass is 14.5. The van der Waals surface area contributed by atoms with Gasteiger partial charge in [0.15, 0.2) is 0 Å². The smallest absolute Gasteiger partial charge is 0.00488 e. The van der Waals surface area contributed by atoms with Gasteiger partial charge in [-0.15, -0.1) is 0 Å². The maximum Gasteiger partial charge on any atom is -0.00488 e. The number of rotatable bonds is 1. The summed E-state index contributed by atoms with van der Waals surface area (Å²) >= 11 is 0. The third-order valence-corrected chi connectivity index (χ3v) is 1.85. The summed E-state index contributed by atoms with van der Waals surface area (Å²) in [5, 5.41) is 0. The third kappa shape index (κ3) is 1.48. The molecule has 1 aliphatic carbocycles. The Balaban J connectivity index is 2.13. The lowest BCUT2D eigenvalue weighted by Gasteiger charge is -2.18. The molecule has 1 saturated carbocycles. The molecule has 1 radical (unpaired) electrons. The molecule has 0 aromatic rings. The van der Waals surface area contributed by atoms with Crippen molar-refractivity contribution in [3.8, 4) is 0 Å². The Hall–Kier alpha value is -0.0400. The molecule has 0 aromatic carbocycles. The van der Waals surface area contributed by atoms with Crippen LogP contribution in [-0.4, -0.2) is 6.54 Å². The Bertz CT molecular complexity index is 55.4. The SMILES string of the molecule is NC[C@H]1C[CH]CCC1. The molecule has 0 spiro atoms. The van der Waals surface area contributed by atoms with Gasteiger partial charge in [0.25, 0.3) is 0 Å². The zero-order valence-electron chi connectivity index (χ0n) is 5.27. The van der Waals surface area contributed by atoms with E-state index in [4.69, 9.17) is 5.73 Å². The van der Waals surface area contributed by atoms with Crippen molar-refractivity contribution in [1.29, 1.82) is 0 Å². The highest BCUT2D eigenvalue weighted by Gasteiger charge is 2.10. The standard InChI is InChI=1S/C7H14N/c8-6-7-4-2-1-3-5-7/h2,7H,1,3-6,8H2/t7-/m0/s1. The molecule has 2 N–H and O–H groups in total. The highest BCUT2D eigenvalue weighted by Crippen LogP contribution is 2.21. The quantitative estimate of drug-likeness (QED) is 0.544. The monoisotopic (exact) mass is 112 g/mol. The molecule has 1 fully saturated rings. The van der Waals surface area contributed by atoms with Crippen LogP contribution in [0.4, 0.5) is 0 Å². The van der Waals surface area contributed by atoms with Gasteiger partial charge < -0.3 is 5.73 Å². The molecule has 47 valence electrons. The van der Waals surface area contributed by atoms with Gasteiger partial charge in [0.1, 0.15) is 0 Å². The predicted molar refractivity (Wildman–Crippen MR) is 35.3 cm³/mol. The van der Waals surface area contributed by atoms with E-state index in [2.05, 4.69) is 6.42 Å². The minimum absolute atomic E-state index is 0.809. The van der Waals surface area contributed by atoms with Crippen molar-refractivity contribution in [3.63, 3.8) is 0 Å². The van der Waals surface area contributed by atoms with Crippen LogP contribution in [0.5, 0.6) is 0 Å². The summed E-state index contributed by atoms with van der Waals surface area (Å²) in [4.78, 5) is 0. The van der Waals surface area contributed by atoms with Crippen LogP contribution in [-0.2, 0) is 0 Å². The molecule has 1 aliphatic rings. The molecule has 1 rings (SSSR count). The minimum Gasteiger partial charge on any atom is -0.330 e. The molecule has 1 nitrogen and oxygen atoms in total. The first-order valence-corrected chi connectivity index (χ1v) is 3.45. The van der Waals surface area contributed by atoms with Crippen LogP contribution in [0.15, 0.2) is 0 Å². The van der Waals surface area contributed by atoms with E-state index in [1.165, 1.54) is 25.7 Å². The molecular weight excluding hydrogens is 98.1 g/mol. The van der Waals surface area contributed by atoms with Crippen molar-refractivity contribution in [2.24, 2.45) is 11.7 Å². The molecule has 0 unspecified atom stereocenters. The summed E-state index contributed by atoms with van der Waals surface area (Å²) < 4.78 is 0. The van der Waals surface area contributed by atoms with Crippen LogP contribution in [0.1, 0.15) is 25.7 Å². The lowest BCUT2D eigenvalue weighted by atomic mass is 9.90. The number of hydrogen-bond acceptors (Lipinski definition) is 1. The van der Waals surface area contributed by atoms with Gasteiger partial charge >= 0.3 is 0 Å². The summed E-state index contributed by atoms with van der Waals surface area (Å²) in [6, 6.07) is 0. The first kappa shape index (κ1) is 6.09. The summed E-state index contributed by atoms with van der Waals surface area (Å²) in [5.74, 6) is 0.809. The van der Waals surface area contributed by atoms with Crippen molar-refractivity contribution < 1.29 is 0 Å². The molecule has 0 aromatic heterocycles.